The van der Waals surface area contributed by atoms with Gasteiger partial charge in [-0.1, -0.05) is 30.7 Å². The summed E-state index contributed by atoms with van der Waals surface area (Å²) in [5.41, 5.74) is 2.02. The number of hydrogen-bond acceptors (Lipinski definition) is 5. The van der Waals surface area contributed by atoms with E-state index in [2.05, 4.69) is 0 Å². The van der Waals surface area contributed by atoms with Crippen molar-refractivity contribution in [3.05, 3.63) is 35.4 Å². The molecule has 24 heavy (non-hydrogen) atoms. The van der Waals surface area contributed by atoms with Crippen LogP contribution < -0.4 is 0 Å². The highest BCUT2D eigenvalue weighted by Crippen LogP contribution is 2.29. The molecule has 1 aliphatic carbocycles. The van der Waals surface area contributed by atoms with Crippen molar-refractivity contribution in [3.63, 3.8) is 0 Å². The Balaban J connectivity index is 1.91. The Kier molecular flexibility index (Phi) is 6.37. The summed E-state index contributed by atoms with van der Waals surface area (Å²) < 4.78 is 9.92. The quantitative estimate of drug-likeness (QED) is 0.639. The highest BCUT2D eigenvalue weighted by atomic mass is 16.7. The zero-order valence-corrected chi connectivity index (χ0v) is 14.5. The molecule has 1 N–H and O–H groups in total. The molecule has 0 amide bonds. The zero-order valence-electron chi connectivity index (χ0n) is 14.5. The summed E-state index contributed by atoms with van der Waals surface area (Å²) in [6, 6.07) is 7.83. The van der Waals surface area contributed by atoms with Crippen LogP contribution in [0.1, 0.15) is 57.1 Å². The summed E-state index contributed by atoms with van der Waals surface area (Å²) >= 11 is 0. The molecule has 1 unspecified atom stereocenters. The van der Waals surface area contributed by atoms with Gasteiger partial charge in [0.15, 0.2) is 0 Å². The predicted octanol–water partition coefficient (Wildman–Crippen LogP) is 2.95. The van der Waals surface area contributed by atoms with Crippen molar-refractivity contribution in [3.8, 4) is 0 Å². The van der Waals surface area contributed by atoms with Gasteiger partial charge in [0.25, 0.3) is 0 Å². The van der Waals surface area contributed by atoms with E-state index in [9.17, 15) is 14.7 Å². The molecule has 1 saturated carbocycles. The molecule has 132 valence electrons. The molecular weight excluding hydrogens is 308 g/mol. The third kappa shape index (κ3) is 5.06. The second-order valence-corrected chi connectivity index (χ2v) is 6.54. The van der Waals surface area contributed by atoms with Gasteiger partial charge in [0, 0.05) is 13.8 Å². The monoisotopic (exact) mass is 334 g/mol. The van der Waals surface area contributed by atoms with E-state index in [-0.39, 0.29) is 6.10 Å². The Hall–Kier alpha value is -1.88. The molecule has 2 rings (SSSR count). The van der Waals surface area contributed by atoms with Crippen molar-refractivity contribution in [2.45, 2.75) is 64.8 Å². The van der Waals surface area contributed by atoms with E-state index >= 15 is 0 Å². The normalized spacial score (nSPS) is 22.7. The molecule has 0 aliphatic heterocycles. The zero-order chi connectivity index (χ0) is 17.7. The average molecular weight is 334 g/mol. The maximum absolute atomic E-state index is 12.1. The second-order valence-electron chi connectivity index (χ2n) is 6.54. The van der Waals surface area contributed by atoms with Crippen LogP contribution in [0.15, 0.2) is 24.3 Å². The minimum absolute atomic E-state index is 0.193. The average Bonchev–Trinajstić information content (AvgIpc) is 2.91. The number of hydrogen-bond donors (Lipinski definition) is 1. The van der Waals surface area contributed by atoms with E-state index in [1.807, 2.05) is 24.3 Å². The number of carbonyl (C=O) groups is 2. The minimum atomic E-state index is -0.888. The molecule has 4 atom stereocenters. The van der Waals surface area contributed by atoms with Gasteiger partial charge in [0.2, 0.25) is 6.29 Å². The number of carbonyl (C=O) groups excluding carboxylic acids is 2. The van der Waals surface area contributed by atoms with Crippen molar-refractivity contribution < 1.29 is 24.2 Å². The molecule has 0 radical (unpaired) electrons. The second kappa shape index (κ2) is 8.29. The first-order valence-electron chi connectivity index (χ1n) is 8.51. The van der Waals surface area contributed by atoms with Gasteiger partial charge in [-0.3, -0.25) is 9.59 Å². The minimum Gasteiger partial charge on any atom is -0.426 e. The highest BCUT2D eigenvalue weighted by Gasteiger charge is 2.25. The Morgan fingerprint density at radius 1 is 1.17 bits per heavy atom. The van der Waals surface area contributed by atoms with Gasteiger partial charge in [0.1, 0.15) is 0 Å². The van der Waals surface area contributed by atoms with Crippen molar-refractivity contribution in [2.24, 2.45) is 5.92 Å². The van der Waals surface area contributed by atoms with Crippen LogP contribution in [0.2, 0.25) is 0 Å². The first-order valence-corrected chi connectivity index (χ1v) is 8.51. The van der Waals surface area contributed by atoms with Gasteiger partial charge < -0.3 is 14.6 Å². The molecule has 1 fully saturated rings. The van der Waals surface area contributed by atoms with Gasteiger partial charge in [-0.2, -0.15) is 0 Å². The van der Waals surface area contributed by atoms with Crippen LogP contribution in [0.25, 0.3) is 0 Å². The SMILES string of the molecule is CC(=O)OC(C)OC(=O)[C@@H](C)c1ccc(C[C@H]2CCC[C@@H]2O)cc1. The lowest BCUT2D eigenvalue weighted by Crippen LogP contribution is -2.23. The molecule has 1 aromatic rings. The number of esters is 2. The fraction of sp³-hybridized carbons (Fsp3) is 0.579. The van der Waals surface area contributed by atoms with Gasteiger partial charge in [-0.15, -0.1) is 0 Å². The Morgan fingerprint density at radius 3 is 2.38 bits per heavy atom. The standard InChI is InChI=1S/C19H26O5/c1-12(19(22)24-14(3)23-13(2)20)16-9-7-15(8-10-16)11-17-5-4-6-18(17)21/h7-10,12,14,17-18,21H,4-6,11H2,1-3H3/t12-,14?,17+,18-/m0/s1. The van der Waals surface area contributed by atoms with Crippen molar-refractivity contribution in [2.75, 3.05) is 0 Å². The third-order valence-electron chi connectivity index (χ3n) is 4.56. The van der Waals surface area contributed by atoms with Crippen LogP contribution in [-0.4, -0.2) is 29.4 Å². The summed E-state index contributed by atoms with van der Waals surface area (Å²) in [5, 5.41) is 9.92. The summed E-state index contributed by atoms with van der Waals surface area (Å²) in [6.45, 7) is 4.55. The fourth-order valence-electron chi connectivity index (χ4n) is 3.16. The lowest BCUT2D eigenvalue weighted by Gasteiger charge is -2.17. The van der Waals surface area contributed by atoms with Crippen LogP contribution in [0.5, 0.6) is 0 Å². The lowest BCUT2D eigenvalue weighted by molar-refractivity contribution is -0.183. The van der Waals surface area contributed by atoms with Gasteiger partial charge in [0.05, 0.1) is 12.0 Å². The molecule has 0 bridgehead atoms. The van der Waals surface area contributed by atoms with Crippen LogP contribution >= 0.6 is 0 Å². The van der Waals surface area contributed by atoms with Gasteiger partial charge in [-0.25, -0.2) is 0 Å². The fourth-order valence-corrected chi connectivity index (χ4v) is 3.16. The predicted molar refractivity (Wildman–Crippen MR) is 89.2 cm³/mol. The molecule has 0 spiro atoms. The van der Waals surface area contributed by atoms with E-state index in [4.69, 9.17) is 9.47 Å². The van der Waals surface area contributed by atoms with Crippen molar-refractivity contribution in [1.82, 2.24) is 0 Å². The lowest BCUT2D eigenvalue weighted by atomic mass is 9.93. The summed E-state index contributed by atoms with van der Waals surface area (Å²) in [7, 11) is 0. The summed E-state index contributed by atoms with van der Waals surface area (Å²) in [4.78, 5) is 22.9. The van der Waals surface area contributed by atoms with Crippen molar-refractivity contribution >= 4 is 11.9 Å². The van der Waals surface area contributed by atoms with E-state index < -0.39 is 24.1 Å². The molecule has 1 aromatic carbocycles. The molecule has 0 saturated heterocycles. The topological polar surface area (TPSA) is 72.8 Å². The Morgan fingerprint density at radius 2 is 1.83 bits per heavy atom. The maximum Gasteiger partial charge on any atom is 0.316 e. The van der Waals surface area contributed by atoms with Crippen LogP contribution in [0.3, 0.4) is 0 Å². The summed E-state index contributed by atoms with van der Waals surface area (Å²) in [5.74, 6) is -1.01. The van der Waals surface area contributed by atoms with E-state index in [0.29, 0.717) is 5.92 Å². The van der Waals surface area contributed by atoms with Gasteiger partial charge >= 0.3 is 11.9 Å². The van der Waals surface area contributed by atoms with E-state index in [1.165, 1.54) is 19.4 Å². The molecular formula is C19H26O5. The van der Waals surface area contributed by atoms with Crippen molar-refractivity contribution in [1.29, 1.82) is 0 Å². The Bertz CT molecular complexity index is 566. The van der Waals surface area contributed by atoms with Crippen LogP contribution in [0.4, 0.5) is 0 Å². The molecule has 5 heteroatoms. The molecule has 0 aromatic heterocycles. The molecule has 0 heterocycles. The van der Waals surface area contributed by atoms with E-state index in [1.54, 1.807) is 6.92 Å². The highest BCUT2D eigenvalue weighted by molar-refractivity contribution is 5.78. The summed E-state index contributed by atoms with van der Waals surface area (Å²) in [6.07, 6.45) is 2.84. The number of ether oxygens (including phenoxy) is 2. The van der Waals surface area contributed by atoms with Crippen LogP contribution in [0, 0.1) is 5.92 Å². The maximum atomic E-state index is 12.1. The number of aliphatic hydroxyl groups is 1. The smallest absolute Gasteiger partial charge is 0.316 e. The third-order valence-corrected chi connectivity index (χ3v) is 4.56. The molecule has 5 nitrogen and oxygen atoms in total. The first-order chi connectivity index (χ1) is 11.4. The molecule has 1 aliphatic rings. The first kappa shape index (κ1) is 18.5. The van der Waals surface area contributed by atoms with E-state index in [0.717, 1.165) is 31.2 Å². The number of rotatable bonds is 6. The largest absolute Gasteiger partial charge is 0.426 e. The Labute approximate surface area is 143 Å². The van der Waals surface area contributed by atoms with Gasteiger partial charge in [-0.05, 0) is 43.2 Å². The number of aliphatic hydroxyl groups excluding tert-OH is 1. The van der Waals surface area contributed by atoms with Crippen LogP contribution in [-0.2, 0) is 25.5 Å². The number of benzene rings is 1.